The third-order valence-corrected chi connectivity index (χ3v) is 2.88. The van der Waals surface area contributed by atoms with Gasteiger partial charge in [-0.15, -0.1) is 0 Å². The average molecular weight is 240 g/mol. The predicted octanol–water partition coefficient (Wildman–Crippen LogP) is 4.84. The predicted molar refractivity (Wildman–Crippen MR) is 72.7 cm³/mol. The average Bonchev–Trinajstić information content (AvgIpc) is 2.27. The van der Waals surface area contributed by atoms with E-state index in [2.05, 4.69) is 25.2 Å². The highest BCUT2D eigenvalue weighted by Crippen LogP contribution is 2.12. The van der Waals surface area contributed by atoms with Gasteiger partial charge in [-0.3, -0.25) is 4.79 Å². The minimum Gasteiger partial charge on any atom is -0.435 e. The van der Waals surface area contributed by atoms with Crippen LogP contribution in [0.25, 0.3) is 0 Å². The van der Waals surface area contributed by atoms with E-state index < -0.39 is 0 Å². The van der Waals surface area contributed by atoms with Crippen LogP contribution >= 0.6 is 0 Å². The molecule has 0 fully saturated rings. The van der Waals surface area contributed by atoms with Crippen molar-refractivity contribution in [2.75, 3.05) is 0 Å². The molecule has 0 heterocycles. The highest BCUT2D eigenvalue weighted by molar-refractivity contribution is 5.69. The second-order valence-electron chi connectivity index (χ2n) is 5.06. The Morgan fingerprint density at radius 2 is 1.59 bits per heavy atom. The van der Waals surface area contributed by atoms with E-state index in [1.54, 1.807) is 0 Å². The maximum Gasteiger partial charge on any atom is 0.310 e. The molecule has 0 aliphatic rings. The Balaban J connectivity index is 3.08. The number of ether oxygens (including phenoxy) is 1. The Labute approximate surface area is 106 Å². The molecular weight excluding hydrogens is 212 g/mol. The van der Waals surface area contributed by atoms with Crippen molar-refractivity contribution in [2.24, 2.45) is 5.92 Å². The van der Waals surface area contributed by atoms with Gasteiger partial charge >= 0.3 is 5.97 Å². The van der Waals surface area contributed by atoms with Crippen LogP contribution < -0.4 is 0 Å². The minimum atomic E-state index is -0.156. The van der Waals surface area contributed by atoms with Crippen molar-refractivity contribution < 1.29 is 9.53 Å². The van der Waals surface area contributed by atoms with E-state index in [9.17, 15) is 4.79 Å². The molecule has 0 saturated heterocycles. The van der Waals surface area contributed by atoms with Crippen LogP contribution in [0.5, 0.6) is 0 Å². The number of hydrogen-bond acceptors (Lipinski definition) is 2. The summed E-state index contributed by atoms with van der Waals surface area (Å²) < 4.78 is 4.65. The smallest absolute Gasteiger partial charge is 0.310 e. The van der Waals surface area contributed by atoms with Gasteiger partial charge < -0.3 is 4.74 Å². The van der Waals surface area contributed by atoms with Gasteiger partial charge in [-0.05, 0) is 12.3 Å². The first-order valence-corrected chi connectivity index (χ1v) is 6.97. The molecule has 0 saturated carbocycles. The monoisotopic (exact) mass is 240 g/mol. The van der Waals surface area contributed by atoms with Crippen LogP contribution in [0, 0.1) is 5.92 Å². The van der Waals surface area contributed by atoms with E-state index >= 15 is 0 Å². The van der Waals surface area contributed by atoms with E-state index in [1.807, 2.05) is 0 Å². The molecule has 0 rings (SSSR count). The van der Waals surface area contributed by atoms with E-state index in [0.29, 0.717) is 6.42 Å². The lowest BCUT2D eigenvalue weighted by Gasteiger charge is -2.04. The molecule has 0 aromatic rings. The van der Waals surface area contributed by atoms with Gasteiger partial charge in [0.05, 0.1) is 6.26 Å². The Kier molecular flexibility index (Phi) is 11.1. The van der Waals surface area contributed by atoms with Crippen LogP contribution in [0.15, 0.2) is 12.8 Å². The van der Waals surface area contributed by atoms with Gasteiger partial charge in [0.2, 0.25) is 0 Å². The van der Waals surface area contributed by atoms with Crippen LogP contribution in [0.1, 0.15) is 71.6 Å². The molecule has 2 nitrogen and oxygen atoms in total. The molecule has 0 spiro atoms. The third-order valence-electron chi connectivity index (χ3n) is 2.88. The first kappa shape index (κ1) is 16.2. The second kappa shape index (κ2) is 11.7. The van der Waals surface area contributed by atoms with Gasteiger partial charge in [-0.1, -0.05) is 65.4 Å². The Bertz CT molecular complexity index is 197. The summed E-state index contributed by atoms with van der Waals surface area (Å²) in [6.45, 7) is 7.92. The molecule has 0 aromatic heterocycles. The summed E-state index contributed by atoms with van der Waals surface area (Å²) in [5.41, 5.74) is 0. The lowest BCUT2D eigenvalue weighted by Crippen LogP contribution is -1.98. The van der Waals surface area contributed by atoms with Crippen molar-refractivity contribution in [2.45, 2.75) is 71.6 Å². The molecule has 0 aromatic carbocycles. The maximum atomic E-state index is 11.0. The summed E-state index contributed by atoms with van der Waals surface area (Å²) in [5, 5.41) is 0. The number of unbranched alkanes of at least 4 members (excludes halogenated alkanes) is 6. The molecule has 0 amide bonds. The van der Waals surface area contributed by atoms with Gasteiger partial charge in [0, 0.05) is 6.42 Å². The molecule has 0 N–H and O–H groups in total. The zero-order chi connectivity index (χ0) is 12.9. The summed E-state index contributed by atoms with van der Waals surface area (Å²) in [7, 11) is 0. The molecule has 100 valence electrons. The number of carbonyl (C=O) groups is 1. The summed E-state index contributed by atoms with van der Waals surface area (Å²) in [4.78, 5) is 11.0. The van der Waals surface area contributed by atoms with Crippen LogP contribution in [0.3, 0.4) is 0 Å². The van der Waals surface area contributed by atoms with Crippen LogP contribution in [-0.2, 0) is 9.53 Å². The SMILES string of the molecule is C=COC(=O)CCCCCCCCCC(C)C. The molecule has 0 aliphatic carbocycles. The van der Waals surface area contributed by atoms with E-state index in [4.69, 9.17) is 0 Å². The third kappa shape index (κ3) is 13.1. The topological polar surface area (TPSA) is 26.3 Å². The molecule has 0 unspecified atom stereocenters. The molecule has 0 radical (unpaired) electrons. The Hall–Kier alpha value is -0.790. The lowest BCUT2D eigenvalue weighted by atomic mass is 10.0. The fourth-order valence-corrected chi connectivity index (χ4v) is 1.86. The van der Waals surface area contributed by atoms with E-state index in [1.165, 1.54) is 44.8 Å². The quantitative estimate of drug-likeness (QED) is 0.293. The number of carbonyl (C=O) groups excluding carboxylic acids is 1. The fourth-order valence-electron chi connectivity index (χ4n) is 1.86. The number of hydrogen-bond donors (Lipinski definition) is 0. The van der Waals surface area contributed by atoms with Gasteiger partial charge in [0.15, 0.2) is 0 Å². The Morgan fingerprint density at radius 3 is 2.12 bits per heavy atom. The Morgan fingerprint density at radius 1 is 1.06 bits per heavy atom. The van der Waals surface area contributed by atoms with Gasteiger partial charge in [0.25, 0.3) is 0 Å². The van der Waals surface area contributed by atoms with Crippen molar-refractivity contribution in [1.82, 2.24) is 0 Å². The number of esters is 1. The van der Waals surface area contributed by atoms with E-state index in [0.717, 1.165) is 18.8 Å². The van der Waals surface area contributed by atoms with Crippen LogP contribution in [-0.4, -0.2) is 5.97 Å². The molecule has 17 heavy (non-hydrogen) atoms. The first-order chi connectivity index (χ1) is 8.16. The zero-order valence-corrected chi connectivity index (χ0v) is 11.5. The molecular formula is C15H28O2. The minimum absolute atomic E-state index is 0.156. The molecule has 0 atom stereocenters. The summed E-state index contributed by atoms with van der Waals surface area (Å²) in [6.07, 6.45) is 11.8. The van der Waals surface area contributed by atoms with Crippen LogP contribution in [0.2, 0.25) is 0 Å². The standard InChI is InChI=1S/C15H28O2/c1-4-17-15(16)13-11-9-7-5-6-8-10-12-14(2)3/h4,14H,1,5-13H2,2-3H3. The first-order valence-electron chi connectivity index (χ1n) is 6.97. The summed E-state index contributed by atoms with van der Waals surface area (Å²) in [6, 6.07) is 0. The van der Waals surface area contributed by atoms with Gasteiger partial charge in [-0.25, -0.2) is 0 Å². The van der Waals surface area contributed by atoms with Crippen LogP contribution in [0.4, 0.5) is 0 Å². The fraction of sp³-hybridized carbons (Fsp3) is 0.800. The van der Waals surface area contributed by atoms with Crippen molar-refractivity contribution in [1.29, 1.82) is 0 Å². The van der Waals surface area contributed by atoms with Crippen molar-refractivity contribution in [3.8, 4) is 0 Å². The zero-order valence-electron chi connectivity index (χ0n) is 11.5. The number of rotatable bonds is 11. The van der Waals surface area contributed by atoms with Gasteiger partial charge in [-0.2, -0.15) is 0 Å². The normalized spacial score (nSPS) is 10.5. The summed E-state index contributed by atoms with van der Waals surface area (Å²) >= 11 is 0. The van der Waals surface area contributed by atoms with Gasteiger partial charge in [0.1, 0.15) is 0 Å². The molecule has 0 aliphatic heterocycles. The van der Waals surface area contributed by atoms with Crippen molar-refractivity contribution in [3.05, 3.63) is 12.8 Å². The largest absolute Gasteiger partial charge is 0.435 e. The summed E-state index contributed by atoms with van der Waals surface area (Å²) in [5.74, 6) is 0.683. The highest BCUT2D eigenvalue weighted by atomic mass is 16.5. The van der Waals surface area contributed by atoms with Crippen molar-refractivity contribution >= 4 is 5.97 Å². The second-order valence-corrected chi connectivity index (χ2v) is 5.06. The lowest BCUT2D eigenvalue weighted by molar-refractivity contribution is -0.138. The van der Waals surface area contributed by atoms with E-state index in [-0.39, 0.29) is 5.97 Å². The molecule has 0 bridgehead atoms. The maximum absolute atomic E-state index is 11.0. The molecule has 2 heteroatoms. The van der Waals surface area contributed by atoms with Crippen molar-refractivity contribution in [3.63, 3.8) is 0 Å². The highest BCUT2D eigenvalue weighted by Gasteiger charge is 2.00.